The molecule has 26 heavy (non-hydrogen) atoms. The fraction of sp³-hybridized carbons (Fsp3) is 0.389. The molecule has 1 aliphatic rings. The number of nitrogens with zero attached hydrogens (tertiary/aromatic N) is 1. The highest BCUT2D eigenvalue weighted by Crippen LogP contribution is 2.29. The minimum atomic E-state index is -3.54. The number of ether oxygens (including phenoxy) is 1. The van der Waals surface area contributed by atoms with Gasteiger partial charge in [-0.05, 0) is 44.0 Å². The van der Waals surface area contributed by atoms with Gasteiger partial charge in [-0.1, -0.05) is 6.07 Å². The van der Waals surface area contributed by atoms with Crippen molar-refractivity contribution in [3.05, 3.63) is 41.3 Å². The molecule has 1 aromatic carbocycles. The van der Waals surface area contributed by atoms with Crippen LogP contribution in [0.3, 0.4) is 0 Å². The molecule has 3 rings (SSSR count). The third-order valence-corrected chi connectivity index (χ3v) is 7.74. The van der Waals surface area contributed by atoms with Crippen molar-refractivity contribution in [1.82, 2.24) is 4.31 Å². The standard InChI is InChI=1S/C18H22N2O4S2/c1-13-8-9-17(25-13)26(22,23)20-10-4-5-14(12-20)18(21)19-15-6-3-7-16(11-15)24-2/h3,6-9,11,14H,4-5,10,12H2,1-2H3,(H,19,21)/t14-/m0/s1. The summed E-state index contributed by atoms with van der Waals surface area (Å²) in [6.07, 6.45) is 1.34. The molecule has 1 amide bonds. The summed E-state index contributed by atoms with van der Waals surface area (Å²) in [6.45, 7) is 2.53. The normalized spacial score (nSPS) is 18.5. The second-order valence-corrected chi connectivity index (χ2v) is 9.74. The summed E-state index contributed by atoms with van der Waals surface area (Å²) in [4.78, 5) is 13.6. The maximum absolute atomic E-state index is 12.8. The average Bonchev–Trinajstić information content (AvgIpc) is 3.09. The van der Waals surface area contributed by atoms with Crippen LogP contribution >= 0.6 is 11.3 Å². The number of sulfonamides is 1. The number of benzene rings is 1. The van der Waals surface area contributed by atoms with E-state index in [0.717, 1.165) is 4.88 Å². The highest BCUT2D eigenvalue weighted by Gasteiger charge is 2.34. The van der Waals surface area contributed by atoms with Gasteiger partial charge in [0.2, 0.25) is 5.91 Å². The lowest BCUT2D eigenvalue weighted by Crippen LogP contribution is -2.43. The Kier molecular flexibility index (Phi) is 5.64. The molecular weight excluding hydrogens is 372 g/mol. The predicted octanol–water partition coefficient (Wildman–Crippen LogP) is 3.10. The van der Waals surface area contributed by atoms with Crippen molar-refractivity contribution >= 4 is 33.0 Å². The van der Waals surface area contributed by atoms with E-state index in [4.69, 9.17) is 4.74 Å². The lowest BCUT2D eigenvalue weighted by atomic mass is 9.98. The van der Waals surface area contributed by atoms with E-state index in [-0.39, 0.29) is 18.4 Å². The smallest absolute Gasteiger partial charge is 0.252 e. The van der Waals surface area contributed by atoms with Crippen LogP contribution in [0.25, 0.3) is 0 Å². The number of hydrogen-bond donors (Lipinski definition) is 1. The van der Waals surface area contributed by atoms with Gasteiger partial charge in [-0.3, -0.25) is 4.79 Å². The van der Waals surface area contributed by atoms with Gasteiger partial charge in [0.25, 0.3) is 10.0 Å². The summed E-state index contributed by atoms with van der Waals surface area (Å²) in [7, 11) is -1.97. The van der Waals surface area contributed by atoms with Crippen molar-refractivity contribution in [3.63, 3.8) is 0 Å². The second kappa shape index (κ2) is 7.77. The molecule has 0 spiro atoms. The molecule has 8 heteroatoms. The van der Waals surface area contributed by atoms with E-state index in [1.807, 2.05) is 6.92 Å². The molecule has 0 radical (unpaired) electrons. The first-order chi connectivity index (χ1) is 12.4. The number of hydrogen-bond acceptors (Lipinski definition) is 5. The molecule has 0 aliphatic carbocycles. The Hall–Kier alpha value is -1.90. The van der Waals surface area contributed by atoms with Crippen molar-refractivity contribution in [2.24, 2.45) is 5.92 Å². The van der Waals surface area contributed by atoms with Crippen LogP contribution in [0.1, 0.15) is 17.7 Å². The number of carbonyl (C=O) groups excluding carboxylic acids is 1. The Morgan fingerprint density at radius 2 is 2.12 bits per heavy atom. The van der Waals surface area contributed by atoms with Crippen molar-refractivity contribution < 1.29 is 17.9 Å². The van der Waals surface area contributed by atoms with Gasteiger partial charge in [0.1, 0.15) is 9.96 Å². The Morgan fingerprint density at radius 1 is 1.31 bits per heavy atom. The molecule has 0 unspecified atom stereocenters. The molecule has 1 atom stereocenters. The van der Waals surface area contributed by atoms with E-state index in [1.54, 1.807) is 43.5 Å². The molecule has 0 saturated carbocycles. The molecule has 1 fully saturated rings. The number of thiophene rings is 1. The highest BCUT2D eigenvalue weighted by molar-refractivity contribution is 7.91. The van der Waals surface area contributed by atoms with Crippen molar-refractivity contribution in [1.29, 1.82) is 0 Å². The van der Waals surface area contributed by atoms with Gasteiger partial charge in [0, 0.05) is 29.7 Å². The van der Waals surface area contributed by atoms with Gasteiger partial charge >= 0.3 is 0 Å². The first-order valence-electron chi connectivity index (χ1n) is 8.41. The monoisotopic (exact) mass is 394 g/mol. The van der Waals surface area contributed by atoms with Crippen LogP contribution in [0.15, 0.2) is 40.6 Å². The van der Waals surface area contributed by atoms with E-state index in [1.165, 1.54) is 15.6 Å². The molecule has 140 valence electrons. The molecular formula is C18H22N2O4S2. The molecule has 1 saturated heterocycles. The van der Waals surface area contributed by atoms with Crippen molar-refractivity contribution in [3.8, 4) is 5.75 Å². The fourth-order valence-corrected chi connectivity index (χ4v) is 5.96. The van der Waals surface area contributed by atoms with E-state index in [9.17, 15) is 13.2 Å². The number of nitrogens with one attached hydrogen (secondary N) is 1. The number of rotatable bonds is 5. The Bertz CT molecular complexity index is 892. The predicted molar refractivity (Wildman–Crippen MR) is 102 cm³/mol. The van der Waals surface area contributed by atoms with E-state index in [2.05, 4.69) is 5.32 Å². The zero-order valence-electron chi connectivity index (χ0n) is 14.8. The van der Waals surface area contributed by atoms with Crippen LogP contribution in [0.2, 0.25) is 0 Å². The number of methoxy groups -OCH3 is 1. The quantitative estimate of drug-likeness (QED) is 0.845. The molecule has 1 N–H and O–H groups in total. The van der Waals surface area contributed by atoms with Gasteiger partial charge in [0.05, 0.1) is 13.0 Å². The van der Waals surface area contributed by atoms with Gasteiger partial charge in [-0.25, -0.2) is 8.42 Å². The first-order valence-corrected chi connectivity index (χ1v) is 10.7. The maximum atomic E-state index is 12.8. The summed E-state index contributed by atoms with van der Waals surface area (Å²) in [5.74, 6) is 0.120. The molecule has 2 aromatic rings. The van der Waals surface area contributed by atoms with E-state index >= 15 is 0 Å². The van der Waals surface area contributed by atoms with Crippen molar-refractivity contribution in [2.45, 2.75) is 24.0 Å². The summed E-state index contributed by atoms with van der Waals surface area (Å²) < 4.78 is 32.5. The maximum Gasteiger partial charge on any atom is 0.252 e. The summed E-state index contributed by atoms with van der Waals surface area (Å²) in [5, 5.41) is 2.86. The third kappa shape index (κ3) is 4.08. The number of aryl methyl sites for hydroxylation is 1. The van der Waals surface area contributed by atoms with Gasteiger partial charge in [-0.15, -0.1) is 11.3 Å². The number of amides is 1. The highest BCUT2D eigenvalue weighted by atomic mass is 32.2. The Balaban J connectivity index is 1.70. The fourth-order valence-electron chi connectivity index (χ4n) is 3.00. The van der Waals surface area contributed by atoms with Crippen LogP contribution in [-0.2, 0) is 14.8 Å². The minimum absolute atomic E-state index is 0.166. The topological polar surface area (TPSA) is 75.7 Å². The Labute approximate surface area is 157 Å². The second-order valence-electron chi connectivity index (χ2n) is 6.29. The number of piperidine rings is 1. The minimum Gasteiger partial charge on any atom is -0.497 e. The van der Waals surface area contributed by atoms with E-state index in [0.29, 0.717) is 35.0 Å². The number of carbonyl (C=O) groups is 1. The van der Waals surface area contributed by atoms with Crippen LogP contribution in [0.4, 0.5) is 5.69 Å². The molecule has 2 heterocycles. The van der Waals surface area contributed by atoms with Crippen LogP contribution in [0, 0.1) is 12.8 Å². The molecule has 1 aliphatic heterocycles. The largest absolute Gasteiger partial charge is 0.497 e. The Morgan fingerprint density at radius 3 is 2.81 bits per heavy atom. The number of anilines is 1. The van der Waals surface area contributed by atoms with E-state index < -0.39 is 10.0 Å². The average molecular weight is 395 g/mol. The molecule has 6 nitrogen and oxygen atoms in total. The SMILES string of the molecule is COc1cccc(NC(=O)[C@H]2CCCN(S(=O)(=O)c3ccc(C)s3)C2)c1. The van der Waals surface area contributed by atoms with Gasteiger partial charge in [-0.2, -0.15) is 4.31 Å². The van der Waals surface area contributed by atoms with Gasteiger partial charge < -0.3 is 10.1 Å². The summed E-state index contributed by atoms with van der Waals surface area (Å²) in [6, 6.07) is 10.6. The molecule has 1 aromatic heterocycles. The zero-order valence-corrected chi connectivity index (χ0v) is 16.4. The first kappa shape index (κ1) is 18.9. The van der Waals surface area contributed by atoms with Crippen molar-refractivity contribution in [2.75, 3.05) is 25.5 Å². The molecule has 0 bridgehead atoms. The third-order valence-electron chi connectivity index (χ3n) is 4.40. The lowest BCUT2D eigenvalue weighted by Gasteiger charge is -2.30. The van der Waals surface area contributed by atoms with Crippen LogP contribution < -0.4 is 10.1 Å². The summed E-state index contributed by atoms with van der Waals surface area (Å²) >= 11 is 1.26. The lowest BCUT2D eigenvalue weighted by molar-refractivity contribution is -0.120. The van der Waals surface area contributed by atoms with Crippen LogP contribution in [-0.4, -0.2) is 38.8 Å². The zero-order chi connectivity index (χ0) is 18.7. The summed E-state index contributed by atoms with van der Waals surface area (Å²) in [5.41, 5.74) is 0.642. The van der Waals surface area contributed by atoms with Crippen LogP contribution in [0.5, 0.6) is 5.75 Å². The van der Waals surface area contributed by atoms with Gasteiger partial charge in [0.15, 0.2) is 0 Å².